The molecular formula is C20H21N3O2. The van der Waals surface area contributed by atoms with E-state index < -0.39 is 0 Å². The largest absolute Gasteiger partial charge is 0.376 e. The van der Waals surface area contributed by atoms with E-state index >= 15 is 0 Å². The first kappa shape index (κ1) is 18.1. The maximum atomic E-state index is 12.1. The van der Waals surface area contributed by atoms with E-state index in [1.54, 1.807) is 13.1 Å². The molecule has 0 bridgehead atoms. The molecule has 0 saturated carbocycles. The molecule has 2 amide bonds. The Morgan fingerprint density at radius 3 is 2.52 bits per heavy atom. The number of benzene rings is 2. The van der Waals surface area contributed by atoms with Crippen LogP contribution in [0.3, 0.4) is 0 Å². The van der Waals surface area contributed by atoms with Crippen LogP contribution in [0.2, 0.25) is 0 Å². The number of carbonyl (C=O) groups is 2. The van der Waals surface area contributed by atoms with E-state index in [0.717, 1.165) is 16.8 Å². The molecule has 2 N–H and O–H groups in total. The van der Waals surface area contributed by atoms with Crippen LogP contribution in [0, 0.1) is 19.3 Å². The minimum Gasteiger partial charge on any atom is -0.376 e. The van der Waals surface area contributed by atoms with Gasteiger partial charge in [0.05, 0.1) is 13.1 Å². The van der Waals surface area contributed by atoms with Crippen LogP contribution in [-0.4, -0.2) is 36.9 Å². The van der Waals surface area contributed by atoms with Crippen molar-refractivity contribution in [3.8, 4) is 12.3 Å². The summed E-state index contributed by atoms with van der Waals surface area (Å²) in [4.78, 5) is 25.5. The van der Waals surface area contributed by atoms with Crippen molar-refractivity contribution in [1.29, 1.82) is 0 Å². The highest BCUT2D eigenvalue weighted by molar-refractivity contribution is 5.95. The molecule has 0 saturated heterocycles. The molecule has 0 heterocycles. The monoisotopic (exact) mass is 335 g/mol. The van der Waals surface area contributed by atoms with Gasteiger partial charge in [0.1, 0.15) is 0 Å². The normalized spacial score (nSPS) is 9.80. The van der Waals surface area contributed by atoms with E-state index in [2.05, 4.69) is 16.6 Å². The second-order valence-corrected chi connectivity index (χ2v) is 5.74. The molecule has 2 aromatic carbocycles. The van der Waals surface area contributed by atoms with Crippen LogP contribution < -0.4 is 10.6 Å². The Morgan fingerprint density at radius 1 is 1.12 bits per heavy atom. The van der Waals surface area contributed by atoms with E-state index in [0.29, 0.717) is 5.69 Å². The van der Waals surface area contributed by atoms with Crippen molar-refractivity contribution in [3.05, 3.63) is 59.7 Å². The predicted octanol–water partition coefficient (Wildman–Crippen LogP) is 2.49. The third-order valence-electron chi connectivity index (χ3n) is 3.61. The van der Waals surface area contributed by atoms with Crippen LogP contribution in [0.15, 0.2) is 48.5 Å². The number of nitrogens with zero attached hydrogens (tertiary/aromatic N) is 1. The standard InChI is InChI=1S/C20H21N3O2/c1-4-16-6-5-7-18(12-16)21-13-20(25)23(3)14-19(24)22-17-10-8-15(2)9-11-17/h1,5-12,21H,13-14H2,2-3H3,(H,22,24). The van der Waals surface area contributed by atoms with E-state index in [9.17, 15) is 9.59 Å². The van der Waals surface area contributed by atoms with Gasteiger partial charge < -0.3 is 15.5 Å². The average Bonchev–Trinajstić information content (AvgIpc) is 2.61. The first-order chi connectivity index (χ1) is 12.0. The lowest BCUT2D eigenvalue weighted by Gasteiger charge is -2.17. The number of hydrogen-bond donors (Lipinski definition) is 2. The number of nitrogens with one attached hydrogen (secondary N) is 2. The topological polar surface area (TPSA) is 61.4 Å². The van der Waals surface area contributed by atoms with E-state index in [4.69, 9.17) is 6.42 Å². The third-order valence-corrected chi connectivity index (χ3v) is 3.61. The quantitative estimate of drug-likeness (QED) is 0.797. The third kappa shape index (κ3) is 5.70. The van der Waals surface area contributed by atoms with Gasteiger partial charge in [-0.05, 0) is 37.3 Å². The number of likely N-dealkylation sites (N-methyl/N-ethyl adjacent to an activating group) is 1. The summed E-state index contributed by atoms with van der Waals surface area (Å²) in [7, 11) is 1.59. The number of rotatable bonds is 6. The van der Waals surface area contributed by atoms with Crippen molar-refractivity contribution >= 4 is 23.2 Å². The molecule has 25 heavy (non-hydrogen) atoms. The first-order valence-electron chi connectivity index (χ1n) is 7.89. The molecule has 5 heteroatoms. The highest BCUT2D eigenvalue weighted by Crippen LogP contribution is 2.10. The number of hydrogen-bond acceptors (Lipinski definition) is 3. The van der Waals surface area contributed by atoms with Gasteiger partial charge in [-0.25, -0.2) is 0 Å². The second kappa shape index (κ2) is 8.55. The summed E-state index contributed by atoms with van der Waals surface area (Å²) in [5, 5.41) is 5.78. The maximum Gasteiger partial charge on any atom is 0.243 e. The van der Waals surface area contributed by atoms with Gasteiger partial charge in [-0.3, -0.25) is 9.59 Å². The zero-order valence-corrected chi connectivity index (χ0v) is 14.4. The van der Waals surface area contributed by atoms with Crippen LogP contribution in [0.4, 0.5) is 11.4 Å². The van der Waals surface area contributed by atoms with Gasteiger partial charge in [-0.1, -0.05) is 29.7 Å². The van der Waals surface area contributed by atoms with Gasteiger partial charge in [0.25, 0.3) is 0 Å². The maximum absolute atomic E-state index is 12.1. The minimum atomic E-state index is -0.242. The van der Waals surface area contributed by atoms with Gasteiger partial charge in [0.15, 0.2) is 0 Å². The highest BCUT2D eigenvalue weighted by atomic mass is 16.2. The molecule has 5 nitrogen and oxygen atoms in total. The molecule has 0 aliphatic carbocycles. The number of carbonyl (C=O) groups excluding carboxylic acids is 2. The van der Waals surface area contributed by atoms with Gasteiger partial charge >= 0.3 is 0 Å². The van der Waals surface area contributed by atoms with Crippen molar-refractivity contribution in [3.63, 3.8) is 0 Å². The Hall–Kier alpha value is -3.26. The molecular weight excluding hydrogens is 314 g/mol. The van der Waals surface area contributed by atoms with E-state index in [1.165, 1.54) is 4.90 Å². The van der Waals surface area contributed by atoms with Gasteiger partial charge in [-0.2, -0.15) is 0 Å². The highest BCUT2D eigenvalue weighted by Gasteiger charge is 2.13. The second-order valence-electron chi connectivity index (χ2n) is 5.74. The number of amides is 2. The molecule has 0 atom stereocenters. The van der Waals surface area contributed by atoms with Crippen molar-refractivity contribution in [1.82, 2.24) is 4.90 Å². The SMILES string of the molecule is C#Cc1cccc(NCC(=O)N(C)CC(=O)Nc2ccc(C)cc2)c1. The summed E-state index contributed by atoms with van der Waals surface area (Å²) < 4.78 is 0. The molecule has 0 aromatic heterocycles. The van der Waals surface area contributed by atoms with Gasteiger partial charge in [0, 0.05) is 24.0 Å². The fraction of sp³-hybridized carbons (Fsp3) is 0.200. The Morgan fingerprint density at radius 2 is 1.84 bits per heavy atom. The first-order valence-corrected chi connectivity index (χ1v) is 7.89. The molecule has 0 aliphatic heterocycles. The fourth-order valence-electron chi connectivity index (χ4n) is 2.17. The molecule has 0 radical (unpaired) electrons. The van der Waals surface area contributed by atoms with Crippen molar-refractivity contribution in [2.45, 2.75) is 6.92 Å². The fourth-order valence-corrected chi connectivity index (χ4v) is 2.17. The van der Waals surface area contributed by atoms with E-state index in [-0.39, 0.29) is 24.9 Å². The summed E-state index contributed by atoms with van der Waals surface area (Å²) in [5.41, 5.74) is 3.33. The average molecular weight is 335 g/mol. The zero-order chi connectivity index (χ0) is 18.2. The van der Waals surface area contributed by atoms with Crippen LogP contribution in [0.5, 0.6) is 0 Å². The molecule has 2 aromatic rings. The van der Waals surface area contributed by atoms with Gasteiger partial charge in [0.2, 0.25) is 11.8 Å². The molecule has 128 valence electrons. The summed E-state index contributed by atoms with van der Waals surface area (Å²) in [5.74, 6) is 2.11. The molecule has 0 spiro atoms. The van der Waals surface area contributed by atoms with Crippen LogP contribution >= 0.6 is 0 Å². The van der Waals surface area contributed by atoms with Gasteiger partial charge in [-0.15, -0.1) is 6.42 Å². The van der Waals surface area contributed by atoms with Crippen LogP contribution in [0.1, 0.15) is 11.1 Å². The lowest BCUT2D eigenvalue weighted by molar-refractivity contribution is -0.131. The summed E-state index contributed by atoms with van der Waals surface area (Å²) in [6, 6.07) is 14.7. The van der Waals surface area contributed by atoms with Crippen molar-refractivity contribution in [2.75, 3.05) is 30.8 Å². The summed E-state index contributed by atoms with van der Waals surface area (Å²) in [6.45, 7) is 2.05. The number of aryl methyl sites for hydroxylation is 1. The van der Waals surface area contributed by atoms with E-state index in [1.807, 2.05) is 49.4 Å². The predicted molar refractivity (Wildman–Crippen MR) is 100 cm³/mol. The summed E-state index contributed by atoms with van der Waals surface area (Å²) in [6.07, 6.45) is 5.35. The Kier molecular flexibility index (Phi) is 6.19. The summed E-state index contributed by atoms with van der Waals surface area (Å²) >= 11 is 0. The molecule has 0 unspecified atom stereocenters. The Labute approximate surface area is 148 Å². The molecule has 0 aliphatic rings. The van der Waals surface area contributed by atoms with Crippen LogP contribution in [0.25, 0.3) is 0 Å². The smallest absolute Gasteiger partial charge is 0.243 e. The van der Waals surface area contributed by atoms with Crippen LogP contribution in [-0.2, 0) is 9.59 Å². The Bertz CT molecular complexity index is 791. The minimum absolute atomic E-state index is 0.0151. The van der Waals surface area contributed by atoms with Crippen molar-refractivity contribution < 1.29 is 9.59 Å². The lowest BCUT2D eigenvalue weighted by atomic mass is 10.2. The van der Waals surface area contributed by atoms with Crippen molar-refractivity contribution in [2.24, 2.45) is 0 Å². The zero-order valence-electron chi connectivity index (χ0n) is 14.4. The molecule has 0 fully saturated rings. The number of anilines is 2. The molecule has 2 rings (SSSR count). The Balaban J connectivity index is 1.82. The number of terminal acetylenes is 1. The lowest BCUT2D eigenvalue weighted by Crippen LogP contribution is -2.38.